The van der Waals surface area contributed by atoms with Crippen LogP contribution in [0.15, 0.2) is 0 Å². The zero-order valence-corrected chi connectivity index (χ0v) is 8.76. The van der Waals surface area contributed by atoms with E-state index in [1.807, 2.05) is 0 Å². The molecule has 0 aromatic rings. The number of hydrogen-bond donors (Lipinski definition) is 1. The van der Waals surface area contributed by atoms with Crippen molar-refractivity contribution in [2.24, 2.45) is 5.92 Å². The smallest absolute Gasteiger partial charge is 0.0110 e. The Morgan fingerprint density at radius 2 is 2.08 bits per heavy atom. The lowest BCUT2D eigenvalue weighted by molar-refractivity contribution is 0.214. The molecule has 1 aliphatic carbocycles. The van der Waals surface area contributed by atoms with Gasteiger partial charge in [-0.25, -0.2) is 0 Å². The van der Waals surface area contributed by atoms with Crippen LogP contribution in [-0.4, -0.2) is 37.1 Å². The van der Waals surface area contributed by atoms with Gasteiger partial charge in [-0.1, -0.05) is 12.8 Å². The topological polar surface area (TPSA) is 15.3 Å². The molecule has 76 valence electrons. The SMILES string of the molecule is CC1CCNCCN1CCC1CC1. The molecule has 0 aromatic heterocycles. The molecule has 1 aliphatic heterocycles. The number of rotatable bonds is 3. The lowest BCUT2D eigenvalue weighted by atomic mass is 10.2. The van der Waals surface area contributed by atoms with Gasteiger partial charge in [0.05, 0.1) is 0 Å². The van der Waals surface area contributed by atoms with E-state index in [9.17, 15) is 0 Å². The van der Waals surface area contributed by atoms with E-state index in [1.54, 1.807) is 0 Å². The predicted octanol–water partition coefficient (Wildman–Crippen LogP) is 1.47. The highest BCUT2D eigenvalue weighted by molar-refractivity contribution is 4.78. The summed E-state index contributed by atoms with van der Waals surface area (Å²) in [6.07, 6.45) is 5.77. The van der Waals surface area contributed by atoms with Crippen LogP contribution in [0.5, 0.6) is 0 Å². The average molecular weight is 182 g/mol. The maximum Gasteiger partial charge on any atom is 0.0110 e. The van der Waals surface area contributed by atoms with Crippen molar-refractivity contribution in [1.82, 2.24) is 10.2 Å². The largest absolute Gasteiger partial charge is 0.315 e. The maximum atomic E-state index is 3.47. The van der Waals surface area contributed by atoms with Gasteiger partial charge in [0.15, 0.2) is 0 Å². The van der Waals surface area contributed by atoms with Crippen LogP contribution in [0.1, 0.15) is 32.6 Å². The molecule has 2 heteroatoms. The monoisotopic (exact) mass is 182 g/mol. The third-order valence-corrected chi connectivity index (χ3v) is 3.46. The summed E-state index contributed by atoms with van der Waals surface area (Å²) in [6.45, 7) is 7.37. The van der Waals surface area contributed by atoms with Crippen molar-refractivity contribution in [1.29, 1.82) is 0 Å². The maximum absolute atomic E-state index is 3.47. The second-order valence-corrected chi connectivity index (χ2v) is 4.66. The summed E-state index contributed by atoms with van der Waals surface area (Å²) >= 11 is 0. The second kappa shape index (κ2) is 4.43. The average Bonchev–Trinajstić information content (AvgIpc) is 2.90. The van der Waals surface area contributed by atoms with Crippen molar-refractivity contribution < 1.29 is 0 Å². The summed E-state index contributed by atoms with van der Waals surface area (Å²) in [7, 11) is 0. The van der Waals surface area contributed by atoms with E-state index < -0.39 is 0 Å². The Bertz CT molecular complexity index is 154. The summed E-state index contributed by atoms with van der Waals surface area (Å²) in [5.41, 5.74) is 0. The van der Waals surface area contributed by atoms with E-state index in [0.717, 1.165) is 12.0 Å². The van der Waals surface area contributed by atoms with Crippen LogP contribution in [0.2, 0.25) is 0 Å². The molecule has 1 saturated heterocycles. The first-order valence-electron chi connectivity index (χ1n) is 5.81. The van der Waals surface area contributed by atoms with E-state index in [2.05, 4.69) is 17.1 Å². The highest BCUT2D eigenvalue weighted by Crippen LogP contribution is 2.32. The highest BCUT2D eigenvalue weighted by atomic mass is 15.2. The van der Waals surface area contributed by atoms with Crippen molar-refractivity contribution in [2.45, 2.75) is 38.6 Å². The minimum atomic E-state index is 0.800. The van der Waals surface area contributed by atoms with Crippen LogP contribution < -0.4 is 5.32 Å². The normalized spacial score (nSPS) is 31.6. The van der Waals surface area contributed by atoms with Crippen LogP contribution in [-0.2, 0) is 0 Å². The molecule has 0 amide bonds. The molecule has 0 aromatic carbocycles. The molecular weight excluding hydrogens is 160 g/mol. The lowest BCUT2D eigenvalue weighted by Crippen LogP contribution is -2.35. The Morgan fingerprint density at radius 1 is 1.23 bits per heavy atom. The minimum Gasteiger partial charge on any atom is -0.315 e. The van der Waals surface area contributed by atoms with Gasteiger partial charge < -0.3 is 5.32 Å². The van der Waals surface area contributed by atoms with Crippen LogP contribution >= 0.6 is 0 Å². The first-order valence-corrected chi connectivity index (χ1v) is 5.81. The van der Waals surface area contributed by atoms with E-state index in [0.29, 0.717) is 0 Å². The third kappa shape index (κ3) is 2.96. The number of nitrogens with zero attached hydrogens (tertiary/aromatic N) is 1. The molecule has 2 nitrogen and oxygen atoms in total. The van der Waals surface area contributed by atoms with E-state index >= 15 is 0 Å². The molecular formula is C11H22N2. The Balaban J connectivity index is 1.72. The van der Waals surface area contributed by atoms with Crippen LogP contribution in [0.25, 0.3) is 0 Å². The summed E-state index contributed by atoms with van der Waals surface area (Å²) in [5, 5.41) is 3.47. The second-order valence-electron chi connectivity index (χ2n) is 4.66. The van der Waals surface area contributed by atoms with Gasteiger partial charge in [0.2, 0.25) is 0 Å². The fourth-order valence-corrected chi connectivity index (χ4v) is 2.15. The van der Waals surface area contributed by atoms with Gasteiger partial charge in [-0.15, -0.1) is 0 Å². The summed E-state index contributed by atoms with van der Waals surface area (Å²) in [4.78, 5) is 2.66. The summed E-state index contributed by atoms with van der Waals surface area (Å²) < 4.78 is 0. The van der Waals surface area contributed by atoms with Gasteiger partial charge in [0, 0.05) is 19.1 Å². The van der Waals surface area contributed by atoms with Gasteiger partial charge in [-0.05, 0) is 38.8 Å². The molecule has 1 saturated carbocycles. The molecule has 2 aliphatic rings. The quantitative estimate of drug-likeness (QED) is 0.711. The van der Waals surface area contributed by atoms with Crippen molar-refractivity contribution in [2.75, 3.05) is 26.2 Å². The summed E-state index contributed by atoms with van der Waals surface area (Å²) in [5.74, 6) is 1.09. The molecule has 1 unspecified atom stereocenters. The Hall–Kier alpha value is -0.0800. The molecule has 2 fully saturated rings. The van der Waals surface area contributed by atoms with Crippen molar-refractivity contribution in [3.05, 3.63) is 0 Å². The molecule has 1 atom stereocenters. The van der Waals surface area contributed by atoms with Gasteiger partial charge in [0.1, 0.15) is 0 Å². The zero-order valence-electron chi connectivity index (χ0n) is 8.76. The highest BCUT2D eigenvalue weighted by Gasteiger charge is 2.23. The van der Waals surface area contributed by atoms with Crippen molar-refractivity contribution in [3.8, 4) is 0 Å². The Kier molecular flexibility index (Phi) is 3.23. The molecule has 2 rings (SSSR count). The molecule has 0 radical (unpaired) electrons. The first kappa shape index (κ1) is 9.47. The lowest BCUT2D eigenvalue weighted by Gasteiger charge is -2.26. The zero-order chi connectivity index (χ0) is 9.10. The predicted molar refractivity (Wildman–Crippen MR) is 55.9 cm³/mol. The van der Waals surface area contributed by atoms with Crippen LogP contribution in [0, 0.1) is 5.92 Å². The van der Waals surface area contributed by atoms with Crippen LogP contribution in [0.3, 0.4) is 0 Å². The molecule has 1 heterocycles. The molecule has 0 spiro atoms. The van der Waals surface area contributed by atoms with E-state index in [4.69, 9.17) is 0 Å². The van der Waals surface area contributed by atoms with Gasteiger partial charge in [-0.3, -0.25) is 4.90 Å². The van der Waals surface area contributed by atoms with Crippen LogP contribution in [0.4, 0.5) is 0 Å². The third-order valence-electron chi connectivity index (χ3n) is 3.46. The Labute approximate surface area is 81.7 Å². The molecule has 13 heavy (non-hydrogen) atoms. The Morgan fingerprint density at radius 3 is 2.85 bits per heavy atom. The standard InChI is InChI=1S/C11H22N2/c1-10-4-6-12-7-9-13(10)8-5-11-2-3-11/h10-12H,2-9H2,1H3. The first-order chi connectivity index (χ1) is 6.36. The minimum absolute atomic E-state index is 0.800. The van der Waals surface area contributed by atoms with Crippen molar-refractivity contribution >= 4 is 0 Å². The number of nitrogens with one attached hydrogen (secondary N) is 1. The fraction of sp³-hybridized carbons (Fsp3) is 1.00. The van der Waals surface area contributed by atoms with E-state index in [1.165, 1.54) is 51.9 Å². The number of hydrogen-bond acceptors (Lipinski definition) is 2. The fourth-order valence-electron chi connectivity index (χ4n) is 2.15. The van der Waals surface area contributed by atoms with E-state index in [-0.39, 0.29) is 0 Å². The molecule has 0 bridgehead atoms. The van der Waals surface area contributed by atoms with Gasteiger partial charge in [0.25, 0.3) is 0 Å². The van der Waals surface area contributed by atoms with Gasteiger partial charge in [-0.2, -0.15) is 0 Å². The van der Waals surface area contributed by atoms with Crippen molar-refractivity contribution in [3.63, 3.8) is 0 Å². The van der Waals surface area contributed by atoms with Gasteiger partial charge >= 0.3 is 0 Å². The molecule has 1 N–H and O–H groups in total. The summed E-state index contributed by atoms with van der Waals surface area (Å²) in [6, 6.07) is 0.800.